The van der Waals surface area contributed by atoms with Crippen LogP contribution in [-0.2, 0) is 6.61 Å². The number of hydrogen-bond acceptors (Lipinski definition) is 7. The molecule has 8 rings (SSSR count). The van der Waals surface area contributed by atoms with Gasteiger partial charge in [0.25, 0.3) is 0 Å². The standard InChI is InChI=1S/C34H21ClN4O4/c35-25-12-6-4-10-23(25)31-37-32-29-27(21-14-16-22(17-15-21)41-18-20-8-2-1-3-9-20)28-30(43-33(29)36-19-39(32)38-31)24-11-5-7-13-26(24)42-34(28)40/h1-17,19,27H,18H2. The Bertz CT molecular complexity index is 2210. The van der Waals surface area contributed by atoms with Gasteiger partial charge in [-0.3, -0.25) is 0 Å². The molecule has 0 saturated carbocycles. The number of hydrogen-bond donors (Lipinski definition) is 0. The Morgan fingerprint density at radius 3 is 2.47 bits per heavy atom. The summed E-state index contributed by atoms with van der Waals surface area (Å²) in [4.78, 5) is 23.1. The van der Waals surface area contributed by atoms with E-state index in [2.05, 4.69) is 10.1 Å². The Balaban J connectivity index is 1.30. The number of para-hydroxylation sites is 1. The van der Waals surface area contributed by atoms with E-state index in [1.807, 2.05) is 91.0 Å². The Morgan fingerprint density at radius 2 is 1.63 bits per heavy atom. The molecule has 1 atom stereocenters. The van der Waals surface area contributed by atoms with Gasteiger partial charge in [0, 0.05) is 5.56 Å². The number of fused-ring (bicyclic) bond motifs is 6. The van der Waals surface area contributed by atoms with Crippen LogP contribution in [0.3, 0.4) is 0 Å². The van der Waals surface area contributed by atoms with Crippen LogP contribution >= 0.6 is 11.6 Å². The fourth-order valence-electron chi connectivity index (χ4n) is 5.52. The molecule has 0 bridgehead atoms. The lowest BCUT2D eigenvalue weighted by Gasteiger charge is -2.27. The van der Waals surface area contributed by atoms with Gasteiger partial charge in [0.2, 0.25) is 5.88 Å². The first-order valence-electron chi connectivity index (χ1n) is 13.6. The fraction of sp³-hybridized carbons (Fsp3) is 0.0588. The van der Waals surface area contributed by atoms with Gasteiger partial charge in [-0.2, -0.15) is 0 Å². The Kier molecular flexibility index (Phi) is 5.94. The second-order valence-electron chi connectivity index (χ2n) is 10.2. The molecule has 0 aliphatic carbocycles. The topological polar surface area (TPSA) is 91.8 Å². The molecule has 1 unspecified atom stereocenters. The lowest BCUT2D eigenvalue weighted by Crippen LogP contribution is -2.22. The first-order chi connectivity index (χ1) is 21.1. The molecule has 3 aromatic heterocycles. The van der Waals surface area contributed by atoms with E-state index < -0.39 is 11.5 Å². The van der Waals surface area contributed by atoms with Gasteiger partial charge >= 0.3 is 5.63 Å². The zero-order chi connectivity index (χ0) is 28.9. The van der Waals surface area contributed by atoms with Crippen molar-refractivity contribution in [3.8, 4) is 28.8 Å². The quantitative estimate of drug-likeness (QED) is 0.194. The first-order valence-corrected chi connectivity index (χ1v) is 14.0. The maximum Gasteiger partial charge on any atom is 0.344 e. The zero-order valence-electron chi connectivity index (χ0n) is 22.5. The highest BCUT2D eigenvalue weighted by Crippen LogP contribution is 2.49. The molecule has 0 radical (unpaired) electrons. The molecule has 0 saturated heterocycles. The van der Waals surface area contributed by atoms with Gasteiger partial charge in [-0.15, -0.1) is 5.10 Å². The number of aromatic nitrogens is 4. The van der Waals surface area contributed by atoms with Crippen LogP contribution < -0.4 is 15.1 Å². The van der Waals surface area contributed by atoms with Crippen molar-refractivity contribution in [1.29, 1.82) is 0 Å². The predicted molar refractivity (Wildman–Crippen MR) is 162 cm³/mol. The first kappa shape index (κ1) is 25.3. The SMILES string of the molecule is O=c1oc2ccccc2c2c1C(c1ccc(OCc3ccccc3)cc1)c1c(ncn3nc(-c4ccccc4Cl)nc13)O2. The van der Waals surface area contributed by atoms with Crippen molar-refractivity contribution in [3.63, 3.8) is 0 Å². The van der Waals surface area contributed by atoms with Crippen LogP contribution in [0.25, 0.3) is 28.0 Å². The number of benzene rings is 4. The van der Waals surface area contributed by atoms with E-state index in [0.29, 0.717) is 68.1 Å². The molecule has 1 aliphatic rings. The van der Waals surface area contributed by atoms with Gasteiger partial charge in [0.15, 0.2) is 17.2 Å². The normalized spacial score (nSPS) is 13.8. The summed E-state index contributed by atoms with van der Waals surface area (Å²) >= 11 is 6.48. The van der Waals surface area contributed by atoms with E-state index in [1.54, 1.807) is 23.0 Å². The van der Waals surface area contributed by atoms with Gasteiger partial charge in [-0.05, 0) is 47.5 Å². The third kappa shape index (κ3) is 4.31. The van der Waals surface area contributed by atoms with Crippen molar-refractivity contribution in [2.24, 2.45) is 0 Å². The Hall–Kier alpha value is -5.47. The van der Waals surface area contributed by atoms with Crippen molar-refractivity contribution in [2.45, 2.75) is 12.5 Å². The molecule has 8 nitrogen and oxygen atoms in total. The molecular formula is C34H21ClN4O4. The lowest BCUT2D eigenvalue weighted by atomic mass is 9.84. The molecule has 0 N–H and O–H groups in total. The van der Waals surface area contributed by atoms with E-state index in [0.717, 1.165) is 11.1 Å². The predicted octanol–water partition coefficient (Wildman–Crippen LogP) is 7.42. The molecule has 0 amide bonds. The van der Waals surface area contributed by atoms with Crippen LogP contribution in [0.4, 0.5) is 0 Å². The maximum atomic E-state index is 13.7. The summed E-state index contributed by atoms with van der Waals surface area (Å²) in [5.41, 5.74) is 3.95. The summed E-state index contributed by atoms with van der Waals surface area (Å²) < 4.78 is 19.8. The average molecular weight is 585 g/mol. The van der Waals surface area contributed by atoms with Crippen molar-refractivity contribution in [1.82, 2.24) is 19.6 Å². The summed E-state index contributed by atoms with van der Waals surface area (Å²) in [6.07, 6.45) is 1.55. The molecule has 208 valence electrons. The number of halogens is 1. The van der Waals surface area contributed by atoms with E-state index in [1.165, 1.54) is 0 Å². The number of rotatable bonds is 5. The highest BCUT2D eigenvalue weighted by Gasteiger charge is 2.37. The van der Waals surface area contributed by atoms with Crippen molar-refractivity contribution >= 4 is 28.2 Å². The summed E-state index contributed by atoms with van der Waals surface area (Å²) in [7, 11) is 0. The van der Waals surface area contributed by atoms with Gasteiger partial charge in [-0.1, -0.05) is 78.3 Å². The summed E-state index contributed by atoms with van der Waals surface area (Å²) in [5, 5.41) is 5.86. The summed E-state index contributed by atoms with van der Waals surface area (Å²) in [5.74, 6) is 1.27. The number of ether oxygens (including phenoxy) is 2. The second kappa shape index (κ2) is 10.1. The maximum absolute atomic E-state index is 13.7. The highest BCUT2D eigenvalue weighted by molar-refractivity contribution is 6.33. The smallest absolute Gasteiger partial charge is 0.344 e. The van der Waals surface area contributed by atoms with Crippen molar-refractivity contribution in [2.75, 3.05) is 0 Å². The Morgan fingerprint density at radius 1 is 0.860 bits per heavy atom. The minimum atomic E-state index is -0.609. The minimum Gasteiger partial charge on any atom is -0.489 e. The molecule has 4 aromatic carbocycles. The van der Waals surface area contributed by atoms with E-state index in [9.17, 15) is 4.79 Å². The van der Waals surface area contributed by atoms with Crippen LogP contribution in [0.15, 0.2) is 119 Å². The molecule has 4 heterocycles. The highest BCUT2D eigenvalue weighted by atomic mass is 35.5. The monoisotopic (exact) mass is 584 g/mol. The molecule has 0 spiro atoms. The van der Waals surface area contributed by atoms with Gasteiger partial charge in [0.1, 0.15) is 24.3 Å². The van der Waals surface area contributed by atoms with E-state index >= 15 is 0 Å². The van der Waals surface area contributed by atoms with Gasteiger partial charge in [-0.25, -0.2) is 19.3 Å². The molecule has 0 fully saturated rings. The molecule has 9 heteroatoms. The third-order valence-corrected chi connectivity index (χ3v) is 7.87. The largest absolute Gasteiger partial charge is 0.489 e. The van der Waals surface area contributed by atoms with Crippen LogP contribution in [0, 0.1) is 0 Å². The van der Waals surface area contributed by atoms with Crippen LogP contribution in [0.5, 0.6) is 17.4 Å². The Labute approximate surface area is 249 Å². The molecule has 1 aliphatic heterocycles. The minimum absolute atomic E-state index is 0.336. The number of nitrogens with zero attached hydrogens (tertiary/aromatic N) is 4. The second-order valence-corrected chi connectivity index (χ2v) is 10.6. The van der Waals surface area contributed by atoms with Gasteiger partial charge in [0.05, 0.1) is 27.5 Å². The van der Waals surface area contributed by atoms with Crippen molar-refractivity contribution < 1.29 is 13.9 Å². The van der Waals surface area contributed by atoms with Crippen LogP contribution in [0.2, 0.25) is 5.02 Å². The van der Waals surface area contributed by atoms with Crippen molar-refractivity contribution in [3.05, 3.63) is 147 Å². The van der Waals surface area contributed by atoms with Gasteiger partial charge < -0.3 is 13.9 Å². The fourth-order valence-corrected chi connectivity index (χ4v) is 5.74. The third-order valence-electron chi connectivity index (χ3n) is 7.54. The van der Waals surface area contributed by atoms with Crippen LogP contribution in [-0.4, -0.2) is 19.6 Å². The summed E-state index contributed by atoms with van der Waals surface area (Å²) in [6.45, 7) is 0.438. The van der Waals surface area contributed by atoms with E-state index in [4.69, 9.17) is 30.5 Å². The average Bonchev–Trinajstić information content (AvgIpc) is 3.48. The summed E-state index contributed by atoms with van der Waals surface area (Å²) in [6, 6.07) is 32.3. The molecule has 7 aromatic rings. The zero-order valence-corrected chi connectivity index (χ0v) is 23.2. The van der Waals surface area contributed by atoms with E-state index in [-0.39, 0.29) is 0 Å². The molecule has 43 heavy (non-hydrogen) atoms. The van der Waals surface area contributed by atoms with Crippen LogP contribution in [0.1, 0.15) is 28.2 Å². The lowest BCUT2D eigenvalue weighted by molar-refractivity contribution is 0.306. The molecular weight excluding hydrogens is 564 g/mol.